The van der Waals surface area contributed by atoms with Crippen LogP contribution in [0.2, 0.25) is 0 Å². The molecule has 3 fully saturated rings. The molecule has 2 aromatic rings. The fourth-order valence-electron chi connectivity index (χ4n) is 4.29. The highest BCUT2D eigenvalue weighted by Gasteiger charge is 2.26. The first kappa shape index (κ1) is 19.3. The summed E-state index contributed by atoms with van der Waals surface area (Å²) < 4.78 is 0. The van der Waals surface area contributed by atoms with Gasteiger partial charge in [0, 0.05) is 17.6 Å². The normalized spacial score (nSPS) is 25.1. The number of hydrogen-bond acceptors (Lipinski definition) is 3. The molecule has 0 bridgehead atoms. The van der Waals surface area contributed by atoms with Crippen molar-refractivity contribution in [1.82, 2.24) is 15.6 Å². The molecule has 5 rings (SSSR count). The van der Waals surface area contributed by atoms with E-state index >= 15 is 0 Å². The minimum Gasteiger partial charge on any atom is -0.317 e. The van der Waals surface area contributed by atoms with E-state index in [4.69, 9.17) is 0 Å². The van der Waals surface area contributed by atoms with E-state index in [0.717, 1.165) is 17.5 Å². The maximum atomic E-state index is 4.18. The number of rotatable bonds is 0. The zero-order valence-corrected chi connectivity index (χ0v) is 16.1. The number of aromatic nitrogens is 1. The Morgan fingerprint density at radius 2 is 1.50 bits per heavy atom. The van der Waals surface area contributed by atoms with Crippen molar-refractivity contribution in [3.05, 3.63) is 42.6 Å². The van der Waals surface area contributed by atoms with Gasteiger partial charge in [0.05, 0.1) is 5.52 Å². The van der Waals surface area contributed by atoms with Crippen molar-refractivity contribution >= 4 is 10.9 Å². The molecular formula is C23H35N3. The van der Waals surface area contributed by atoms with Crippen LogP contribution < -0.4 is 10.6 Å². The Morgan fingerprint density at radius 1 is 0.731 bits per heavy atom. The van der Waals surface area contributed by atoms with E-state index in [1.807, 2.05) is 30.5 Å². The summed E-state index contributed by atoms with van der Waals surface area (Å²) in [6, 6.07) is 13.0. The third-order valence-corrected chi connectivity index (χ3v) is 5.79. The molecule has 0 spiro atoms. The lowest BCUT2D eigenvalue weighted by Crippen LogP contribution is -2.42. The van der Waals surface area contributed by atoms with Crippen LogP contribution in [-0.2, 0) is 0 Å². The molecule has 1 aromatic carbocycles. The summed E-state index contributed by atoms with van der Waals surface area (Å²) in [6.07, 6.45) is 14.8. The van der Waals surface area contributed by atoms with E-state index in [1.165, 1.54) is 82.8 Å². The predicted octanol–water partition coefficient (Wildman–Crippen LogP) is 4.92. The number of hydrogen-bond donors (Lipinski definition) is 2. The highest BCUT2D eigenvalue weighted by molar-refractivity contribution is 5.77. The fraction of sp³-hybridized carbons (Fsp3) is 0.609. The van der Waals surface area contributed by atoms with Crippen LogP contribution in [0.5, 0.6) is 0 Å². The highest BCUT2D eigenvalue weighted by Crippen LogP contribution is 2.30. The maximum Gasteiger partial charge on any atom is 0.0701 e. The lowest BCUT2D eigenvalue weighted by atomic mass is 9.80. The Labute approximate surface area is 159 Å². The lowest BCUT2D eigenvalue weighted by molar-refractivity contribution is 0.212. The standard InChI is InChI=1S/C9H17N.C9H7N.C5H11N/c2*1-2-6-9-8(4-1)5-3-7-10-9;1-2-4-6-5-3-1/h8-10H,1-7H2;1-7H;6H,1-5H2. The van der Waals surface area contributed by atoms with Crippen LogP contribution in [0.1, 0.15) is 57.8 Å². The third kappa shape index (κ3) is 6.37. The van der Waals surface area contributed by atoms with Crippen LogP contribution in [0, 0.1) is 5.92 Å². The van der Waals surface area contributed by atoms with Gasteiger partial charge in [0.25, 0.3) is 0 Å². The average molecular weight is 354 g/mol. The van der Waals surface area contributed by atoms with Crippen LogP contribution in [0.15, 0.2) is 42.6 Å². The summed E-state index contributed by atoms with van der Waals surface area (Å²) in [5.41, 5.74) is 1.06. The molecule has 2 unspecified atom stereocenters. The topological polar surface area (TPSA) is 37.0 Å². The van der Waals surface area contributed by atoms with E-state index in [0.29, 0.717) is 0 Å². The maximum absolute atomic E-state index is 4.18. The van der Waals surface area contributed by atoms with E-state index in [-0.39, 0.29) is 0 Å². The van der Waals surface area contributed by atoms with Crippen LogP contribution in [0.3, 0.4) is 0 Å². The molecular weight excluding hydrogens is 318 g/mol. The smallest absolute Gasteiger partial charge is 0.0701 e. The SMILES string of the molecule is C1CCC2NCCCC2C1.C1CCNCC1.c1ccc2ncccc2c1. The Bertz CT molecular complexity index is 521. The zero-order chi connectivity index (χ0) is 17.9. The van der Waals surface area contributed by atoms with Crippen LogP contribution >= 0.6 is 0 Å². The second kappa shape index (κ2) is 11.3. The number of nitrogens with zero attached hydrogens (tertiary/aromatic N) is 1. The van der Waals surface area contributed by atoms with E-state index in [2.05, 4.69) is 27.8 Å². The van der Waals surface area contributed by atoms with Crippen molar-refractivity contribution in [2.45, 2.75) is 63.8 Å². The van der Waals surface area contributed by atoms with Gasteiger partial charge in [0.15, 0.2) is 0 Å². The van der Waals surface area contributed by atoms with Gasteiger partial charge in [-0.1, -0.05) is 43.5 Å². The van der Waals surface area contributed by atoms with Crippen LogP contribution in [-0.4, -0.2) is 30.7 Å². The molecule has 2 aliphatic heterocycles. The second-order valence-corrected chi connectivity index (χ2v) is 7.75. The second-order valence-electron chi connectivity index (χ2n) is 7.75. The highest BCUT2D eigenvalue weighted by atomic mass is 14.9. The summed E-state index contributed by atoms with van der Waals surface area (Å²) in [4.78, 5) is 4.18. The first-order valence-corrected chi connectivity index (χ1v) is 10.7. The molecule has 1 saturated carbocycles. The summed E-state index contributed by atoms with van der Waals surface area (Å²) in [5.74, 6) is 1.04. The monoisotopic (exact) mass is 353 g/mol. The summed E-state index contributed by atoms with van der Waals surface area (Å²) >= 11 is 0. The van der Waals surface area contributed by atoms with Gasteiger partial charge in [-0.3, -0.25) is 4.98 Å². The van der Waals surface area contributed by atoms with Crippen molar-refractivity contribution in [1.29, 1.82) is 0 Å². The Hall–Kier alpha value is -1.45. The fourth-order valence-corrected chi connectivity index (χ4v) is 4.29. The van der Waals surface area contributed by atoms with Gasteiger partial charge < -0.3 is 10.6 Å². The molecule has 2 saturated heterocycles. The minimum atomic E-state index is 0.905. The number of piperidine rings is 2. The van der Waals surface area contributed by atoms with Crippen molar-refractivity contribution in [2.75, 3.05) is 19.6 Å². The zero-order valence-electron chi connectivity index (χ0n) is 16.1. The molecule has 0 amide bonds. The molecule has 2 atom stereocenters. The van der Waals surface area contributed by atoms with Gasteiger partial charge in [-0.15, -0.1) is 0 Å². The summed E-state index contributed by atoms with van der Waals surface area (Å²) in [5, 5.41) is 8.10. The van der Waals surface area contributed by atoms with Gasteiger partial charge in [0.1, 0.15) is 0 Å². The molecule has 3 heteroatoms. The number of benzene rings is 1. The van der Waals surface area contributed by atoms with Crippen molar-refractivity contribution in [3.63, 3.8) is 0 Å². The Morgan fingerprint density at radius 3 is 2.23 bits per heavy atom. The lowest BCUT2D eigenvalue weighted by Gasteiger charge is -2.36. The van der Waals surface area contributed by atoms with Crippen molar-refractivity contribution < 1.29 is 0 Å². The van der Waals surface area contributed by atoms with Gasteiger partial charge in [-0.2, -0.15) is 0 Å². The molecule has 1 aromatic heterocycles. The first-order valence-electron chi connectivity index (χ1n) is 10.7. The van der Waals surface area contributed by atoms with E-state index in [9.17, 15) is 0 Å². The van der Waals surface area contributed by atoms with Gasteiger partial charge in [0.2, 0.25) is 0 Å². The number of fused-ring (bicyclic) bond motifs is 2. The molecule has 0 radical (unpaired) electrons. The number of nitrogens with one attached hydrogen (secondary N) is 2. The van der Waals surface area contributed by atoms with Crippen molar-refractivity contribution in [3.8, 4) is 0 Å². The van der Waals surface area contributed by atoms with E-state index < -0.39 is 0 Å². The summed E-state index contributed by atoms with van der Waals surface area (Å²) in [7, 11) is 0. The number of pyridine rings is 1. The molecule has 3 aliphatic rings. The van der Waals surface area contributed by atoms with E-state index in [1.54, 1.807) is 0 Å². The average Bonchev–Trinajstić information content (AvgIpc) is 2.76. The first-order chi connectivity index (χ1) is 12.9. The molecule has 3 heterocycles. The van der Waals surface area contributed by atoms with Gasteiger partial charge in [-0.05, 0) is 76.2 Å². The minimum absolute atomic E-state index is 0.905. The largest absolute Gasteiger partial charge is 0.317 e. The Balaban J connectivity index is 0.000000117. The van der Waals surface area contributed by atoms with Gasteiger partial charge in [-0.25, -0.2) is 0 Å². The van der Waals surface area contributed by atoms with Gasteiger partial charge >= 0.3 is 0 Å². The third-order valence-electron chi connectivity index (χ3n) is 5.79. The molecule has 2 N–H and O–H groups in total. The molecule has 26 heavy (non-hydrogen) atoms. The van der Waals surface area contributed by atoms with Crippen LogP contribution in [0.4, 0.5) is 0 Å². The molecule has 1 aliphatic carbocycles. The quantitative estimate of drug-likeness (QED) is 0.705. The van der Waals surface area contributed by atoms with Crippen molar-refractivity contribution in [2.24, 2.45) is 5.92 Å². The number of para-hydroxylation sites is 1. The molecule has 142 valence electrons. The van der Waals surface area contributed by atoms with Crippen LogP contribution in [0.25, 0.3) is 10.9 Å². The molecule has 3 nitrogen and oxygen atoms in total. The summed E-state index contributed by atoms with van der Waals surface area (Å²) in [6.45, 7) is 3.78. The predicted molar refractivity (Wildman–Crippen MR) is 111 cm³/mol. The Kier molecular flexibility index (Phi) is 8.40.